The minimum absolute atomic E-state index is 0.277. The fourth-order valence-electron chi connectivity index (χ4n) is 4.47. The highest BCUT2D eigenvalue weighted by atomic mass is 35.5. The van der Waals surface area contributed by atoms with Gasteiger partial charge in [-0.3, -0.25) is 9.58 Å². The molecule has 3 aromatic heterocycles. The first-order chi connectivity index (χ1) is 12.1. The molecule has 1 spiro atoms. The predicted octanol–water partition coefficient (Wildman–Crippen LogP) is 3.84. The normalized spacial score (nSPS) is 23.4. The van der Waals surface area contributed by atoms with E-state index in [0.717, 1.165) is 35.4 Å². The Morgan fingerprint density at radius 2 is 2.08 bits per heavy atom. The first kappa shape index (κ1) is 15.4. The third-order valence-corrected chi connectivity index (χ3v) is 6.33. The zero-order chi connectivity index (χ0) is 17.2. The molecule has 25 heavy (non-hydrogen) atoms. The van der Waals surface area contributed by atoms with E-state index in [9.17, 15) is 0 Å². The van der Waals surface area contributed by atoms with E-state index in [1.54, 1.807) is 6.20 Å². The van der Waals surface area contributed by atoms with Gasteiger partial charge in [-0.25, -0.2) is 4.98 Å². The van der Waals surface area contributed by atoms with Crippen molar-refractivity contribution < 1.29 is 0 Å². The molecule has 1 atom stereocenters. The molecule has 5 heterocycles. The highest BCUT2D eigenvalue weighted by molar-refractivity contribution is 6.35. The second kappa shape index (κ2) is 5.32. The van der Waals surface area contributed by atoms with Crippen molar-refractivity contribution in [3.8, 4) is 11.3 Å². The van der Waals surface area contributed by atoms with Crippen molar-refractivity contribution in [3.63, 3.8) is 0 Å². The van der Waals surface area contributed by atoms with Crippen LogP contribution in [-0.2, 0) is 12.0 Å². The van der Waals surface area contributed by atoms with Crippen molar-refractivity contribution in [2.75, 3.05) is 13.1 Å². The second-order valence-corrected chi connectivity index (χ2v) is 8.15. The van der Waals surface area contributed by atoms with Crippen LogP contribution in [0.2, 0.25) is 5.02 Å². The van der Waals surface area contributed by atoms with Crippen molar-refractivity contribution in [2.24, 2.45) is 0 Å². The lowest BCUT2D eigenvalue weighted by atomic mass is 9.82. The van der Waals surface area contributed by atoms with Gasteiger partial charge in [0, 0.05) is 53.6 Å². The number of aryl methyl sites for hydroxylation is 1. The number of aromatic nitrogens is 4. The molecule has 130 valence electrons. The summed E-state index contributed by atoms with van der Waals surface area (Å²) in [5, 5.41) is 6.53. The van der Waals surface area contributed by atoms with Gasteiger partial charge in [-0.2, -0.15) is 5.10 Å². The van der Waals surface area contributed by atoms with E-state index < -0.39 is 0 Å². The topological polar surface area (TPSA) is 49.7 Å². The zero-order valence-corrected chi connectivity index (χ0v) is 15.3. The molecule has 0 saturated carbocycles. The summed E-state index contributed by atoms with van der Waals surface area (Å²) in [7, 11) is 0. The maximum absolute atomic E-state index is 6.25. The van der Waals surface area contributed by atoms with Gasteiger partial charge in [0.25, 0.3) is 0 Å². The van der Waals surface area contributed by atoms with Crippen molar-refractivity contribution in [2.45, 2.75) is 44.7 Å². The number of pyridine rings is 1. The molecule has 0 aliphatic carbocycles. The van der Waals surface area contributed by atoms with Crippen LogP contribution in [0.1, 0.15) is 32.4 Å². The van der Waals surface area contributed by atoms with Crippen molar-refractivity contribution in [1.29, 1.82) is 0 Å². The number of likely N-dealkylation sites (tertiary alicyclic amines) is 1. The van der Waals surface area contributed by atoms with Crippen molar-refractivity contribution in [1.82, 2.24) is 24.6 Å². The Bertz CT molecular complexity index is 956. The Morgan fingerprint density at radius 3 is 2.88 bits per heavy atom. The molecule has 5 rings (SSSR count). The largest absolute Gasteiger partial charge is 0.345 e. The van der Waals surface area contributed by atoms with Crippen LogP contribution < -0.4 is 0 Å². The Balaban J connectivity index is 1.53. The molecule has 5 nitrogen and oxygen atoms in total. The number of halogens is 1. The Labute approximate surface area is 152 Å². The molecule has 2 aliphatic heterocycles. The van der Waals surface area contributed by atoms with Crippen LogP contribution in [-0.4, -0.2) is 43.8 Å². The zero-order valence-electron chi connectivity index (χ0n) is 14.6. The van der Waals surface area contributed by atoms with Gasteiger partial charge in [-0.05, 0) is 45.4 Å². The molecule has 0 radical (unpaired) electrons. The molecule has 0 aromatic carbocycles. The monoisotopic (exact) mass is 355 g/mol. The van der Waals surface area contributed by atoms with Crippen LogP contribution in [0.5, 0.6) is 0 Å². The smallest absolute Gasteiger partial charge is 0.138 e. The van der Waals surface area contributed by atoms with Gasteiger partial charge in [0.1, 0.15) is 5.65 Å². The predicted molar refractivity (Wildman–Crippen MR) is 99.9 cm³/mol. The first-order valence-electron chi connectivity index (χ1n) is 9.01. The number of hydrogen-bond donors (Lipinski definition) is 1. The summed E-state index contributed by atoms with van der Waals surface area (Å²) >= 11 is 6.25. The molecule has 2 aliphatic rings. The quantitative estimate of drug-likeness (QED) is 0.760. The van der Waals surface area contributed by atoms with E-state index in [1.165, 1.54) is 25.1 Å². The Morgan fingerprint density at radius 1 is 1.24 bits per heavy atom. The molecule has 3 aromatic rings. The third kappa shape index (κ3) is 2.26. The van der Waals surface area contributed by atoms with Crippen LogP contribution in [0.15, 0.2) is 24.5 Å². The van der Waals surface area contributed by atoms with Gasteiger partial charge >= 0.3 is 0 Å². The fraction of sp³-hybridized carbons (Fsp3) is 0.474. The van der Waals surface area contributed by atoms with E-state index in [1.807, 2.05) is 6.20 Å². The van der Waals surface area contributed by atoms with Gasteiger partial charge in [-0.1, -0.05) is 11.6 Å². The lowest BCUT2D eigenvalue weighted by molar-refractivity contribution is 0.255. The molecular formula is C19H22ClN5. The summed E-state index contributed by atoms with van der Waals surface area (Å²) in [5.74, 6) is 0. The summed E-state index contributed by atoms with van der Waals surface area (Å²) in [6.45, 7) is 7.93. The van der Waals surface area contributed by atoms with E-state index >= 15 is 0 Å². The van der Waals surface area contributed by atoms with Crippen LogP contribution in [0.4, 0.5) is 0 Å². The molecule has 1 fully saturated rings. The molecule has 1 saturated heterocycles. The molecule has 0 bridgehead atoms. The van der Waals surface area contributed by atoms with Gasteiger partial charge < -0.3 is 4.98 Å². The van der Waals surface area contributed by atoms with Crippen molar-refractivity contribution in [3.05, 3.63) is 35.2 Å². The summed E-state index contributed by atoms with van der Waals surface area (Å²) in [4.78, 5) is 10.2. The van der Waals surface area contributed by atoms with E-state index in [0.29, 0.717) is 11.1 Å². The number of rotatable bonds is 2. The Kier molecular flexibility index (Phi) is 3.28. The van der Waals surface area contributed by atoms with Gasteiger partial charge in [0.15, 0.2) is 0 Å². The molecule has 6 heteroatoms. The van der Waals surface area contributed by atoms with E-state index in [2.05, 4.69) is 45.5 Å². The highest BCUT2D eigenvalue weighted by Gasteiger charge is 2.46. The SMILES string of the molecule is CC(C)N1CCC2(CCn3nc(-c4cnc5[nH]cc(Cl)c5c4)cc32)C1. The molecule has 1 unspecified atom stereocenters. The fourth-order valence-corrected chi connectivity index (χ4v) is 4.67. The van der Waals surface area contributed by atoms with Crippen LogP contribution in [0, 0.1) is 0 Å². The minimum Gasteiger partial charge on any atom is -0.345 e. The maximum Gasteiger partial charge on any atom is 0.138 e. The summed E-state index contributed by atoms with van der Waals surface area (Å²) < 4.78 is 2.21. The van der Waals surface area contributed by atoms with Crippen LogP contribution >= 0.6 is 11.6 Å². The van der Waals surface area contributed by atoms with Crippen LogP contribution in [0.3, 0.4) is 0 Å². The summed E-state index contributed by atoms with van der Waals surface area (Å²) in [6, 6.07) is 4.97. The average Bonchev–Trinajstić information content (AvgIpc) is 3.34. The lowest BCUT2D eigenvalue weighted by Gasteiger charge is -2.25. The van der Waals surface area contributed by atoms with Gasteiger partial charge in [0.2, 0.25) is 0 Å². The van der Waals surface area contributed by atoms with E-state index in [4.69, 9.17) is 16.7 Å². The van der Waals surface area contributed by atoms with Crippen LogP contribution in [0.25, 0.3) is 22.3 Å². The molecule has 0 amide bonds. The Hall–Kier alpha value is -1.85. The minimum atomic E-state index is 0.277. The highest BCUT2D eigenvalue weighted by Crippen LogP contribution is 2.44. The number of H-pyrrole nitrogens is 1. The summed E-state index contributed by atoms with van der Waals surface area (Å²) in [5.41, 5.74) is 4.53. The average molecular weight is 356 g/mol. The number of aromatic amines is 1. The number of nitrogens with zero attached hydrogens (tertiary/aromatic N) is 4. The van der Waals surface area contributed by atoms with Gasteiger partial charge in [0.05, 0.1) is 10.7 Å². The maximum atomic E-state index is 6.25. The molecular weight excluding hydrogens is 334 g/mol. The van der Waals surface area contributed by atoms with Crippen molar-refractivity contribution >= 4 is 22.6 Å². The first-order valence-corrected chi connectivity index (χ1v) is 9.39. The second-order valence-electron chi connectivity index (χ2n) is 7.74. The molecule has 1 N–H and O–H groups in total. The van der Waals surface area contributed by atoms with Gasteiger partial charge in [-0.15, -0.1) is 0 Å². The number of nitrogens with one attached hydrogen (secondary N) is 1. The number of fused-ring (bicyclic) bond motifs is 3. The number of hydrogen-bond acceptors (Lipinski definition) is 3. The van der Waals surface area contributed by atoms with E-state index in [-0.39, 0.29) is 5.41 Å². The lowest BCUT2D eigenvalue weighted by Crippen LogP contribution is -2.33. The third-order valence-electron chi connectivity index (χ3n) is 6.02. The summed E-state index contributed by atoms with van der Waals surface area (Å²) in [6.07, 6.45) is 6.11. The standard InChI is InChI=1S/C19H22ClN5/c1-12(2)24-5-3-19(11-24)4-6-25-17(19)8-16(23-25)13-7-14-15(20)10-22-18(14)21-9-13/h7-10,12H,3-6,11H2,1-2H3,(H,21,22).